The van der Waals surface area contributed by atoms with Gasteiger partial charge in [-0.05, 0) is 25.1 Å². The van der Waals surface area contributed by atoms with Crippen LogP contribution in [0, 0.1) is 11.8 Å². The summed E-state index contributed by atoms with van der Waals surface area (Å²) in [6, 6.07) is 4.76. The van der Waals surface area contributed by atoms with Crippen molar-refractivity contribution >= 4 is 27.3 Å². The summed E-state index contributed by atoms with van der Waals surface area (Å²) < 4.78 is 25.2. The zero-order valence-electron chi connectivity index (χ0n) is 9.33. The molecule has 0 radical (unpaired) electrons. The zero-order chi connectivity index (χ0) is 12.9. The van der Waals surface area contributed by atoms with Gasteiger partial charge in [0.1, 0.15) is 0 Å². The number of anilines is 1. The molecule has 0 unspecified atom stereocenters. The highest BCUT2D eigenvalue weighted by Crippen LogP contribution is 2.20. The van der Waals surface area contributed by atoms with Crippen molar-refractivity contribution in [3.05, 3.63) is 28.8 Å². The standard InChI is InChI=1S/C11H13ClN2O2S/c1-2-17(15,16)14-10-5-6-11(12)9(8-10)4-3-7-13/h5-6,8,14H,2,7,13H2,1H3. The Morgan fingerprint density at radius 2 is 2.18 bits per heavy atom. The van der Waals surface area contributed by atoms with E-state index in [2.05, 4.69) is 16.6 Å². The van der Waals surface area contributed by atoms with Crippen LogP contribution in [-0.2, 0) is 10.0 Å². The van der Waals surface area contributed by atoms with Crippen LogP contribution < -0.4 is 10.5 Å². The van der Waals surface area contributed by atoms with Gasteiger partial charge in [-0.3, -0.25) is 4.72 Å². The monoisotopic (exact) mass is 272 g/mol. The van der Waals surface area contributed by atoms with E-state index in [0.29, 0.717) is 16.3 Å². The van der Waals surface area contributed by atoms with Crippen molar-refractivity contribution in [2.75, 3.05) is 17.0 Å². The van der Waals surface area contributed by atoms with E-state index in [-0.39, 0.29) is 12.3 Å². The molecule has 0 bridgehead atoms. The smallest absolute Gasteiger partial charge is 0.232 e. The maximum absolute atomic E-state index is 11.4. The van der Waals surface area contributed by atoms with Crippen LogP contribution in [0.2, 0.25) is 5.02 Å². The van der Waals surface area contributed by atoms with Gasteiger partial charge in [-0.1, -0.05) is 23.4 Å². The first-order chi connectivity index (χ1) is 7.98. The van der Waals surface area contributed by atoms with Crippen LogP contribution in [0.3, 0.4) is 0 Å². The van der Waals surface area contributed by atoms with Gasteiger partial charge >= 0.3 is 0 Å². The van der Waals surface area contributed by atoms with E-state index in [1.807, 2.05) is 0 Å². The van der Waals surface area contributed by atoms with Crippen LogP contribution in [0.1, 0.15) is 12.5 Å². The van der Waals surface area contributed by atoms with Gasteiger partial charge in [0.15, 0.2) is 0 Å². The molecule has 0 fully saturated rings. The molecular weight excluding hydrogens is 260 g/mol. The molecule has 0 saturated heterocycles. The number of rotatable bonds is 3. The molecule has 0 atom stereocenters. The molecule has 17 heavy (non-hydrogen) atoms. The Kier molecular flexibility index (Phi) is 4.82. The molecule has 0 aliphatic rings. The van der Waals surface area contributed by atoms with E-state index >= 15 is 0 Å². The highest BCUT2D eigenvalue weighted by molar-refractivity contribution is 7.92. The Balaban J connectivity index is 3.05. The molecule has 0 saturated carbocycles. The molecule has 0 aromatic heterocycles. The number of hydrogen-bond acceptors (Lipinski definition) is 3. The van der Waals surface area contributed by atoms with Crippen molar-refractivity contribution in [3.63, 3.8) is 0 Å². The summed E-state index contributed by atoms with van der Waals surface area (Å²) in [5, 5.41) is 0.463. The Morgan fingerprint density at radius 3 is 2.76 bits per heavy atom. The summed E-state index contributed by atoms with van der Waals surface area (Å²) in [6.45, 7) is 1.79. The fourth-order valence-corrected chi connectivity index (χ4v) is 1.88. The van der Waals surface area contributed by atoms with Crippen molar-refractivity contribution in [1.82, 2.24) is 0 Å². The first-order valence-electron chi connectivity index (χ1n) is 4.97. The number of hydrogen-bond donors (Lipinski definition) is 2. The quantitative estimate of drug-likeness (QED) is 0.818. The van der Waals surface area contributed by atoms with Gasteiger partial charge in [0.2, 0.25) is 10.0 Å². The van der Waals surface area contributed by atoms with Crippen molar-refractivity contribution in [1.29, 1.82) is 0 Å². The minimum absolute atomic E-state index is 0.0133. The second-order valence-corrected chi connectivity index (χ2v) is 5.62. The average molecular weight is 273 g/mol. The highest BCUT2D eigenvalue weighted by atomic mass is 35.5. The predicted octanol–water partition coefficient (Wildman–Crippen LogP) is 1.41. The van der Waals surface area contributed by atoms with Crippen LogP contribution in [-0.4, -0.2) is 20.7 Å². The third kappa shape index (κ3) is 4.27. The van der Waals surface area contributed by atoms with E-state index in [9.17, 15) is 8.42 Å². The van der Waals surface area contributed by atoms with Gasteiger partial charge in [-0.15, -0.1) is 0 Å². The van der Waals surface area contributed by atoms with Crippen molar-refractivity contribution in [3.8, 4) is 11.8 Å². The van der Waals surface area contributed by atoms with Crippen LogP contribution in [0.25, 0.3) is 0 Å². The van der Waals surface area contributed by atoms with Gasteiger partial charge in [0.25, 0.3) is 0 Å². The van der Waals surface area contributed by atoms with Gasteiger partial charge < -0.3 is 5.73 Å². The van der Waals surface area contributed by atoms with E-state index in [1.54, 1.807) is 25.1 Å². The number of nitrogens with one attached hydrogen (secondary N) is 1. The number of sulfonamides is 1. The lowest BCUT2D eigenvalue weighted by atomic mass is 10.2. The summed E-state index contributed by atoms with van der Waals surface area (Å²) in [4.78, 5) is 0. The summed E-state index contributed by atoms with van der Waals surface area (Å²) in [6.07, 6.45) is 0. The Hall–Kier alpha value is -1.22. The fraction of sp³-hybridized carbons (Fsp3) is 0.273. The molecule has 0 spiro atoms. The maximum Gasteiger partial charge on any atom is 0.232 e. The van der Waals surface area contributed by atoms with Crippen LogP contribution >= 0.6 is 11.6 Å². The molecule has 92 valence electrons. The minimum Gasteiger partial charge on any atom is -0.320 e. The van der Waals surface area contributed by atoms with Gasteiger partial charge in [0.05, 0.1) is 17.3 Å². The molecule has 1 rings (SSSR count). The Labute approximate surface area is 106 Å². The van der Waals surface area contributed by atoms with Crippen molar-refractivity contribution in [2.45, 2.75) is 6.92 Å². The normalized spacial score (nSPS) is 10.5. The predicted molar refractivity (Wildman–Crippen MR) is 70.5 cm³/mol. The van der Waals surface area contributed by atoms with Crippen LogP contribution in [0.15, 0.2) is 18.2 Å². The minimum atomic E-state index is -3.29. The second-order valence-electron chi connectivity index (χ2n) is 3.21. The topological polar surface area (TPSA) is 72.2 Å². The van der Waals surface area contributed by atoms with Gasteiger partial charge in [0, 0.05) is 11.3 Å². The lowest BCUT2D eigenvalue weighted by Crippen LogP contribution is -2.14. The summed E-state index contributed by atoms with van der Waals surface area (Å²) in [5.74, 6) is 5.45. The number of halogens is 1. The van der Waals surface area contributed by atoms with Crippen LogP contribution in [0.4, 0.5) is 5.69 Å². The SMILES string of the molecule is CCS(=O)(=O)Nc1ccc(Cl)c(C#CCN)c1. The summed E-state index contributed by atoms with van der Waals surface area (Å²) >= 11 is 5.92. The summed E-state index contributed by atoms with van der Waals surface area (Å²) in [5.41, 5.74) is 6.25. The molecule has 4 nitrogen and oxygen atoms in total. The molecule has 6 heteroatoms. The molecule has 0 heterocycles. The number of benzene rings is 1. The third-order valence-electron chi connectivity index (χ3n) is 1.94. The van der Waals surface area contributed by atoms with E-state index in [0.717, 1.165) is 0 Å². The maximum atomic E-state index is 11.4. The zero-order valence-corrected chi connectivity index (χ0v) is 10.9. The van der Waals surface area contributed by atoms with E-state index < -0.39 is 10.0 Å². The van der Waals surface area contributed by atoms with Gasteiger partial charge in [-0.2, -0.15) is 0 Å². The average Bonchev–Trinajstić information content (AvgIpc) is 2.29. The summed E-state index contributed by atoms with van der Waals surface area (Å²) in [7, 11) is -3.29. The first-order valence-corrected chi connectivity index (χ1v) is 7.00. The molecule has 3 N–H and O–H groups in total. The second kappa shape index (κ2) is 5.92. The van der Waals surface area contributed by atoms with Crippen molar-refractivity contribution < 1.29 is 8.42 Å². The molecular formula is C11H13ClN2O2S. The molecule has 0 amide bonds. The molecule has 0 aliphatic carbocycles. The Morgan fingerprint density at radius 1 is 1.47 bits per heavy atom. The molecule has 1 aromatic rings. The van der Waals surface area contributed by atoms with Gasteiger partial charge in [-0.25, -0.2) is 8.42 Å². The van der Waals surface area contributed by atoms with Crippen molar-refractivity contribution in [2.24, 2.45) is 5.73 Å². The van der Waals surface area contributed by atoms with Crippen LogP contribution in [0.5, 0.6) is 0 Å². The first kappa shape index (κ1) is 13.8. The highest BCUT2D eigenvalue weighted by Gasteiger charge is 2.07. The molecule has 0 aliphatic heterocycles. The Bertz CT molecular complexity index is 559. The van der Waals surface area contributed by atoms with E-state index in [1.165, 1.54) is 0 Å². The van der Waals surface area contributed by atoms with E-state index in [4.69, 9.17) is 17.3 Å². The lowest BCUT2D eigenvalue weighted by Gasteiger charge is -2.06. The third-order valence-corrected chi connectivity index (χ3v) is 3.58. The fourth-order valence-electron chi connectivity index (χ4n) is 1.08. The largest absolute Gasteiger partial charge is 0.320 e. The number of nitrogens with two attached hydrogens (primary N) is 1. The molecule has 1 aromatic carbocycles. The lowest BCUT2D eigenvalue weighted by molar-refractivity contribution is 0.602.